The summed E-state index contributed by atoms with van der Waals surface area (Å²) in [5.74, 6) is 2.45. The smallest absolute Gasteiger partial charge is 0.231 e. The summed E-state index contributed by atoms with van der Waals surface area (Å²) in [7, 11) is 0. The molecule has 0 spiro atoms. The topological polar surface area (TPSA) is 43.5 Å². The molecule has 1 N–H and O–H groups in total. The van der Waals surface area contributed by atoms with E-state index in [1.165, 1.54) is 11.1 Å². The normalized spacial score (nSPS) is 12.4. The minimum Gasteiger partial charge on any atom is -0.488 e. The van der Waals surface area contributed by atoms with Gasteiger partial charge in [-0.25, -0.2) is 0 Å². The second-order valence-corrected chi connectivity index (χ2v) is 5.72. The maximum absolute atomic E-state index is 6.10. The number of benzene rings is 2. The van der Waals surface area contributed by atoms with E-state index >= 15 is 0 Å². The molecule has 24 heavy (non-hydrogen) atoms. The molecule has 0 radical (unpaired) electrons. The highest BCUT2D eigenvalue weighted by Crippen LogP contribution is 2.35. The number of fused-ring (bicyclic) bond motifs is 1. The minimum atomic E-state index is 0.287. The van der Waals surface area contributed by atoms with Gasteiger partial charge in [-0.1, -0.05) is 31.2 Å². The molecule has 0 aliphatic carbocycles. The van der Waals surface area contributed by atoms with Crippen molar-refractivity contribution < 1.29 is 14.2 Å². The molecule has 0 fully saturated rings. The molecule has 0 amide bonds. The van der Waals surface area contributed by atoms with Crippen molar-refractivity contribution in [3.63, 3.8) is 0 Å². The van der Waals surface area contributed by atoms with E-state index in [0.717, 1.165) is 34.8 Å². The van der Waals surface area contributed by atoms with Gasteiger partial charge in [0, 0.05) is 23.5 Å². The SMILES string of the molecule is CCc1c[nH]cc1-c1ccccc1OCc1ccc2c(c1)OCO2. The van der Waals surface area contributed by atoms with Crippen LogP contribution in [0.5, 0.6) is 17.2 Å². The molecule has 4 heteroatoms. The molecule has 1 aliphatic heterocycles. The molecule has 1 aromatic heterocycles. The van der Waals surface area contributed by atoms with Crippen LogP contribution in [0.15, 0.2) is 54.9 Å². The first kappa shape index (κ1) is 14.7. The lowest BCUT2D eigenvalue weighted by Crippen LogP contribution is -1.97. The van der Waals surface area contributed by atoms with Gasteiger partial charge >= 0.3 is 0 Å². The van der Waals surface area contributed by atoms with Gasteiger partial charge in [0.15, 0.2) is 11.5 Å². The summed E-state index contributed by atoms with van der Waals surface area (Å²) < 4.78 is 16.9. The second-order valence-electron chi connectivity index (χ2n) is 5.72. The Hall–Kier alpha value is -2.88. The van der Waals surface area contributed by atoms with Gasteiger partial charge in [0.1, 0.15) is 12.4 Å². The summed E-state index contributed by atoms with van der Waals surface area (Å²) in [6, 6.07) is 14.0. The standard InChI is InChI=1S/C20H19NO3/c1-2-15-10-21-11-17(15)16-5-3-4-6-18(16)22-12-14-7-8-19-20(9-14)24-13-23-19/h3-11,21H,2,12-13H2,1H3. The van der Waals surface area contributed by atoms with Crippen LogP contribution in [0.3, 0.4) is 0 Å². The Morgan fingerprint density at radius 1 is 1.00 bits per heavy atom. The van der Waals surface area contributed by atoms with E-state index in [9.17, 15) is 0 Å². The number of aromatic amines is 1. The fourth-order valence-electron chi connectivity index (χ4n) is 2.95. The van der Waals surface area contributed by atoms with Gasteiger partial charge in [-0.3, -0.25) is 0 Å². The van der Waals surface area contributed by atoms with Crippen molar-refractivity contribution in [1.29, 1.82) is 0 Å². The van der Waals surface area contributed by atoms with Crippen LogP contribution in [0.2, 0.25) is 0 Å². The van der Waals surface area contributed by atoms with Crippen molar-refractivity contribution in [3.05, 3.63) is 66.0 Å². The monoisotopic (exact) mass is 321 g/mol. The third-order valence-corrected chi connectivity index (χ3v) is 4.22. The summed E-state index contributed by atoms with van der Waals surface area (Å²) in [5.41, 5.74) is 4.64. The predicted molar refractivity (Wildman–Crippen MR) is 92.5 cm³/mol. The molecule has 0 saturated carbocycles. The first-order valence-electron chi connectivity index (χ1n) is 8.11. The zero-order chi connectivity index (χ0) is 16.4. The molecular formula is C20H19NO3. The number of H-pyrrole nitrogens is 1. The van der Waals surface area contributed by atoms with E-state index in [4.69, 9.17) is 14.2 Å². The van der Waals surface area contributed by atoms with Gasteiger partial charge in [-0.15, -0.1) is 0 Å². The average Bonchev–Trinajstić information content (AvgIpc) is 3.28. The molecule has 4 nitrogen and oxygen atoms in total. The zero-order valence-corrected chi connectivity index (χ0v) is 13.5. The molecule has 122 valence electrons. The molecule has 3 aromatic rings. The number of aryl methyl sites for hydroxylation is 1. The van der Waals surface area contributed by atoms with Crippen molar-refractivity contribution in [2.24, 2.45) is 0 Å². The summed E-state index contributed by atoms with van der Waals surface area (Å²) in [6.45, 7) is 2.93. The highest BCUT2D eigenvalue weighted by atomic mass is 16.7. The van der Waals surface area contributed by atoms with Crippen molar-refractivity contribution in [3.8, 4) is 28.4 Å². The van der Waals surface area contributed by atoms with E-state index in [2.05, 4.69) is 18.0 Å². The highest BCUT2D eigenvalue weighted by molar-refractivity contribution is 5.73. The van der Waals surface area contributed by atoms with Gasteiger partial charge in [0.2, 0.25) is 6.79 Å². The second kappa shape index (κ2) is 6.32. The first-order chi connectivity index (χ1) is 11.8. The van der Waals surface area contributed by atoms with Gasteiger partial charge < -0.3 is 19.2 Å². The predicted octanol–water partition coefficient (Wildman–Crippen LogP) is 4.55. The van der Waals surface area contributed by atoms with E-state index < -0.39 is 0 Å². The van der Waals surface area contributed by atoms with Crippen molar-refractivity contribution >= 4 is 0 Å². The van der Waals surface area contributed by atoms with Crippen LogP contribution in [-0.2, 0) is 13.0 Å². The van der Waals surface area contributed by atoms with E-state index in [1.807, 2.05) is 48.8 Å². The average molecular weight is 321 g/mol. The van der Waals surface area contributed by atoms with Crippen molar-refractivity contribution in [2.75, 3.05) is 6.79 Å². The van der Waals surface area contributed by atoms with Crippen LogP contribution in [0.1, 0.15) is 18.1 Å². The lowest BCUT2D eigenvalue weighted by Gasteiger charge is -2.12. The van der Waals surface area contributed by atoms with Gasteiger partial charge in [0.25, 0.3) is 0 Å². The summed E-state index contributed by atoms with van der Waals surface area (Å²) >= 11 is 0. The Morgan fingerprint density at radius 3 is 2.79 bits per heavy atom. The Kier molecular flexibility index (Phi) is 3.87. The number of ether oxygens (including phenoxy) is 3. The van der Waals surface area contributed by atoms with Crippen LogP contribution in [0.25, 0.3) is 11.1 Å². The molecule has 0 unspecified atom stereocenters. The molecule has 1 aliphatic rings. The third kappa shape index (κ3) is 2.71. The maximum atomic E-state index is 6.10. The number of hydrogen-bond acceptors (Lipinski definition) is 3. The molecule has 0 bridgehead atoms. The fourth-order valence-corrected chi connectivity index (χ4v) is 2.95. The Bertz CT molecular complexity index is 854. The Balaban J connectivity index is 1.57. The van der Waals surface area contributed by atoms with Crippen LogP contribution in [-0.4, -0.2) is 11.8 Å². The van der Waals surface area contributed by atoms with Crippen LogP contribution < -0.4 is 14.2 Å². The number of nitrogens with one attached hydrogen (secondary N) is 1. The maximum Gasteiger partial charge on any atom is 0.231 e. The van der Waals surface area contributed by atoms with Crippen LogP contribution >= 0.6 is 0 Å². The highest BCUT2D eigenvalue weighted by Gasteiger charge is 2.14. The number of rotatable bonds is 5. The summed E-state index contributed by atoms with van der Waals surface area (Å²) in [4.78, 5) is 3.19. The Labute approximate surface area is 141 Å². The lowest BCUT2D eigenvalue weighted by molar-refractivity contribution is 0.174. The zero-order valence-electron chi connectivity index (χ0n) is 13.5. The van der Waals surface area contributed by atoms with E-state index in [1.54, 1.807) is 0 Å². The van der Waals surface area contributed by atoms with Gasteiger partial charge in [-0.2, -0.15) is 0 Å². The van der Waals surface area contributed by atoms with Crippen LogP contribution in [0.4, 0.5) is 0 Å². The minimum absolute atomic E-state index is 0.287. The largest absolute Gasteiger partial charge is 0.488 e. The number of aromatic nitrogens is 1. The van der Waals surface area contributed by atoms with Gasteiger partial charge in [-0.05, 0) is 35.7 Å². The quantitative estimate of drug-likeness (QED) is 0.749. The van der Waals surface area contributed by atoms with Crippen molar-refractivity contribution in [2.45, 2.75) is 20.0 Å². The summed E-state index contributed by atoms with van der Waals surface area (Å²) in [6.07, 6.45) is 5.06. The van der Waals surface area contributed by atoms with Gasteiger partial charge in [0.05, 0.1) is 0 Å². The van der Waals surface area contributed by atoms with E-state index in [0.29, 0.717) is 6.61 Å². The molecule has 2 aromatic carbocycles. The number of hydrogen-bond donors (Lipinski definition) is 1. The molecule has 2 heterocycles. The molecular weight excluding hydrogens is 302 g/mol. The number of para-hydroxylation sites is 1. The van der Waals surface area contributed by atoms with Crippen LogP contribution in [0, 0.1) is 0 Å². The van der Waals surface area contributed by atoms with E-state index in [-0.39, 0.29) is 6.79 Å². The molecule has 4 rings (SSSR count). The third-order valence-electron chi connectivity index (χ3n) is 4.22. The molecule has 0 saturated heterocycles. The summed E-state index contributed by atoms with van der Waals surface area (Å²) in [5, 5.41) is 0. The van der Waals surface area contributed by atoms with Crippen molar-refractivity contribution in [1.82, 2.24) is 4.98 Å². The molecule has 0 atom stereocenters. The Morgan fingerprint density at radius 2 is 1.88 bits per heavy atom. The first-order valence-corrected chi connectivity index (χ1v) is 8.11. The fraction of sp³-hybridized carbons (Fsp3) is 0.200. The lowest BCUT2D eigenvalue weighted by atomic mass is 10.0.